The Morgan fingerprint density at radius 1 is 1.37 bits per heavy atom. The molecule has 3 heterocycles. The summed E-state index contributed by atoms with van der Waals surface area (Å²) in [6.07, 6.45) is 3.77. The molecular formula is C14H21N3O2. The number of furan rings is 1. The van der Waals surface area contributed by atoms with Crippen molar-refractivity contribution in [2.45, 2.75) is 18.9 Å². The molecule has 1 N–H and O–H groups in total. The lowest BCUT2D eigenvalue weighted by Gasteiger charge is -2.33. The summed E-state index contributed by atoms with van der Waals surface area (Å²) in [4.78, 5) is 16.8. The van der Waals surface area contributed by atoms with Crippen LogP contribution in [0.1, 0.15) is 23.4 Å². The number of rotatable bonds is 3. The van der Waals surface area contributed by atoms with Crippen LogP contribution >= 0.6 is 0 Å². The average Bonchev–Trinajstić information content (AvgIpc) is 3.10. The monoisotopic (exact) mass is 263 g/mol. The van der Waals surface area contributed by atoms with E-state index in [1.54, 1.807) is 18.4 Å². The third-order valence-corrected chi connectivity index (χ3v) is 4.05. The van der Waals surface area contributed by atoms with E-state index < -0.39 is 0 Å². The predicted molar refractivity (Wildman–Crippen MR) is 72.1 cm³/mol. The van der Waals surface area contributed by atoms with Crippen LogP contribution in [0.4, 0.5) is 0 Å². The molecule has 2 aliphatic heterocycles. The lowest BCUT2D eigenvalue weighted by molar-refractivity contribution is 0.0662. The van der Waals surface area contributed by atoms with E-state index >= 15 is 0 Å². The Hall–Kier alpha value is -1.33. The Morgan fingerprint density at radius 3 is 2.95 bits per heavy atom. The van der Waals surface area contributed by atoms with Gasteiger partial charge in [-0.25, -0.2) is 0 Å². The fourth-order valence-electron chi connectivity index (χ4n) is 3.03. The van der Waals surface area contributed by atoms with E-state index in [0.717, 1.165) is 52.1 Å². The van der Waals surface area contributed by atoms with E-state index in [2.05, 4.69) is 10.2 Å². The summed E-state index contributed by atoms with van der Waals surface area (Å²) in [5.74, 6) is 0.509. The molecule has 2 saturated heterocycles. The molecule has 5 heteroatoms. The molecule has 19 heavy (non-hydrogen) atoms. The molecule has 0 aliphatic carbocycles. The Kier molecular flexibility index (Phi) is 3.84. The first-order valence-electron chi connectivity index (χ1n) is 7.12. The van der Waals surface area contributed by atoms with Gasteiger partial charge in [0, 0.05) is 45.3 Å². The van der Waals surface area contributed by atoms with Gasteiger partial charge in [0.05, 0.1) is 6.26 Å². The van der Waals surface area contributed by atoms with Crippen molar-refractivity contribution in [1.82, 2.24) is 15.1 Å². The minimum absolute atomic E-state index is 0.0441. The number of hydrogen-bond donors (Lipinski definition) is 1. The zero-order valence-electron chi connectivity index (χ0n) is 11.2. The van der Waals surface area contributed by atoms with Gasteiger partial charge in [-0.05, 0) is 25.0 Å². The molecule has 2 fully saturated rings. The first-order chi connectivity index (χ1) is 9.34. The molecular weight excluding hydrogens is 242 g/mol. The van der Waals surface area contributed by atoms with Crippen LogP contribution in [0.2, 0.25) is 0 Å². The molecule has 104 valence electrons. The summed E-state index contributed by atoms with van der Waals surface area (Å²) in [5, 5.41) is 3.36. The predicted octanol–water partition coefficient (Wildman–Crippen LogP) is 0.789. The van der Waals surface area contributed by atoms with E-state index in [-0.39, 0.29) is 5.91 Å². The summed E-state index contributed by atoms with van der Waals surface area (Å²) in [6, 6.07) is 3.87. The summed E-state index contributed by atoms with van der Waals surface area (Å²) in [7, 11) is 0. The first-order valence-corrected chi connectivity index (χ1v) is 7.12. The second-order valence-corrected chi connectivity index (χ2v) is 5.32. The van der Waals surface area contributed by atoms with Crippen molar-refractivity contribution in [3.8, 4) is 0 Å². The Morgan fingerprint density at radius 2 is 2.21 bits per heavy atom. The van der Waals surface area contributed by atoms with Gasteiger partial charge >= 0.3 is 0 Å². The fourth-order valence-corrected chi connectivity index (χ4v) is 3.03. The number of piperazine rings is 1. The van der Waals surface area contributed by atoms with Gasteiger partial charge in [0.2, 0.25) is 0 Å². The maximum absolute atomic E-state index is 12.4. The van der Waals surface area contributed by atoms with Gasteiger partial charge in [-0.15, -0.1) is 0 Å². The zero-order chi connectivity index (χ0) is 13.1. The quantitative estimate of drug-likeness (QED) is 0.876. The number of carbonyl (C=O) groups excluding carboxylic acids is 1. The highest BCUT2D eigenvalue weighted by Gasteiger charge is 2.32. The van der Waals surface area contributed by atoms with E-state index in [1.165, 1.54) is 0 Å². The number of carbonyl (C=O) groups is 1. The van der Waals surface area contributed by atoms with E-state index in [9.17, 15) is 4.79 Å². The van der Waals surface area contributed by atoms with Gasteiger partial charge in [0.25, 0.3) is 5.91 Å². The molecule has 2 aliphatic rings. The summed E-state index contributed by atoms with van der Waals surface area (Å²) < 4.78 is 5.23. The van der Waals surface area contributed by atoms with Gasteiger partial charge in [0.1, 0.15) is 0 Å². The number of nitrogens with zero attached hydrogens (tertiary/aromatic N) is 2. The molecule has 1 atom stereocenters. The van der Waals surface area contributed by atoms with Crippen molar-refractivity contribution in [2.24, 2.45) is 0 Å². The highest BCUT2D eigenvalue weighted by Crippen LogP contribution is 2.21. The Balaban J connectivity index is 1.62. The number of amides is 1. The average molecular weight is 263 g/mol. The molecule has 0 bridgehead atoms. The number of hydrogen-bond acceptors (Lipinski definition) is 4. The number of nitrogens with one attached hydrogen (secondary N) is 1. The molecule has 0 radical (unpaired) electrons. The van der Waals surface area contributed by atoms with Gasteiger partial charge in [0.15, 0.2) is 5.76 Å². The van der Waals surface area contributed by atoms with Gasteiger partial charge in [-0.1, -0.05) is 0 Å². The van der Waals surface area contributed by atoms with Crippen LogP contribution in [-0.2, 0) is 0 Å². The molecule has 1 aromatic heterocycles. The number of likely N-dealkylation sites (tertiary alicyclic amines) is 1. The second kappa shape index (κ2) is 5.75. The molecule has 5 nitrogen and oxygen atoms in total. The molecule has 3 rings (SSSR count). The zero-order valence-corrected chi connectivity index (χ0v) is 11.2. The minimum atomic E-state index is 0.0441. The van der Waals surface area contributed by atoms with Crippen molar-refractivity contribution in [3.05, 3.63) is 24.2 Å². The lowest BCUT2D eigenvalue weighted by Crippen LogP contribution is -2.49. The molecule has 1 aromatic rings. The van der Waals surface area contributed by atoms with E-state index in [4.69, 9.17) is 4.42 Å². The van der Waals surface area contributed by atoms with Crippen molar-refractivity contribution in [3.63, 3.8) is 0 Å². The van der Waals surface area contributed by atoms with Crippen LogP contribution in [0, 0.1) is 0 Å². The maximum Gasteiger partial charge on any atom is 0.289 e. The first kappa shape index (κ1) is 12.7. The van der Waals surface area contributed by atoms with Crippen molar-refractivity contribution in [2.75, 3.05) is 39.3 Å². The molecule has 0 spiro atoms. The molecule has 0 saturated carbocycles. The van der Waals surface area contributed by atoms with Crippen LogP contribution in [-0.4, -0.2) is 61.0 Å². The van der Waals surface area contributed by atoms with Crippen LogP contribution in [0.5, 0.6) is 0 Å². The lowest BCUT2D eigenvalue weighted by atomic mass is 10.2. The summed E-state index contributed by atoms with van der Waals surface area (Å²) >= 11 is 0. The fraction of sp³-hybridized carbons (Fsp3) is 0.643. The molecule has 1 amide bonds. The summed E-state index contributed by atoms with van der Waals surface area (Å²) in [6.45, 7) is 6.13. The molecule has 1 unspecified atom stereocenters. The third kappa shape index (κ3) is 2.82. The van der Waals surface area contributed by atoms with Crippen molar-refractivity contribution >= 4 is 5.91 Å². The van der Waals surface area contributed by atoms with Crippen LogP contribution in [0.15, 0.2) is 22.8 Å². The highest BCUT2D eigenvalue weighted by molar-refractivity contribution is 5.91. The smallest absolute Gasteiger partial charge is 0.289 e. The van der Waals surface area contributed by atoms with Gasteiger partial charge in [-0.2, -0.15) is 0 Å². The van der Waals surface area contributed by atoms with Crippen LogP contribution in [0.3, 0.4) is 0 Å². The normalized spacial score (nSPS) is 24.8. The SMILES string of the molecule is O=C(c1ccco1)N1CCCC1CN1CCNCC1. The highest BCUT2D eigenvalue weighted by atomic mass is 16.3. The Labute approximate surface area is 113 Å². The third-order valence-electron chi connectivity index (χ3n) is 4.05. The Bertz CT molecular complexity index is 412. The van der Waals surface area contributed by atoms with Gasteiger partial charge < -0.3 is 14.6 Å². The van der Waals surface area contributed by atoms with E-state index in [0.29, 0.717) is 11.8 Å². The molecule has 0 aromatic carbocycles. The van der Waals surface area contributed by atoms with Gasteiger partial charge in [-0.3, -0.25) is 9.69 Å². The van der Waals surface area contributed by atoms with E-state index in [1.807, 2.05) is 4.90 Å². The van der Waals surface area contributed by atoms with Crippen molar-refractivity contribution in [1.29, 1.82) is 0 Å². The topological polar surface area (TPSA) is 48.7 Å². The second-order valence-electron chi connectivity index (χ2n) is 5.32. The van der Waals surface area contributed by atoms with Crippen molar-refractivity contribution < 1.29 is 9.21 Å². The maximum atomic E-state index is 12.4. The largest absolute Gasteiger partial charge is 0.459 e. The van der Waals surface area contributed by atoms with Crippen LogP contribution in [0.25, 0.3) is 0 Å². The summed E-state index contributed by atoms with van der Waals surface area (Å²) in [5.41, 5.74) is 0. The minimum Gasteiger partial charge on any atom is -0.459 e. The standard InChI is InChI=1S/C14H21N3O2/c18-14(13-4-2-10-19-13)17-7-1-3-12(17)11-16-8-5-15-6-9-16/h2,4,10,12,15H,1,3,5-9,11H2. The van der Waals surface area contributed by atoms with Crippen LogP contribution < -0.4 is 5.32 Å².